The van der Waals surface area contributed by atoms with Gasteiger partial charge in [0, 0.05) is 19.1 Å². The van der Waals surface area contributed by atoms with Crippen molar-refractivity contribution < 1.29 is 18.9 Å². The van der Waals surface area contributed by atoms with E-state index in [1.54, 1.807) is 22.0 Å². The second-order valence-electron chi connectivity index (χ2n) is 7.43. The molecule has 1 amide bonds. The fourth-order valence-electron chi connectivity index (χ4n) is 3.85. The Morgan fingerprint density at radius 1 is 1.24 bits per heavy atom. The van der Waals surface area contributed by atoms with Crippen LogP contribution in [0.2, 0.25) is 0 Å². The fraction of sp³-hybridized carbons (Fsp3) is 0.722. The summed E-state index contributed by atoms with van der Waals surface area (Å²) in [7, 11) is 1.88. The van der Waals surface area contributed by atoms with Gasteiger partial charge in [0.25, 0.3) is 6.33 Å². The van der Waals surface area contributed by atoms with Crippen LogP contribution >= 0.6 is 0 Å². The molecule has 25 heavy (non-hydrogen) atoms. The van der Waals surface area contributed by atoms with Crippen LogP contribution in [0, 0.1) is 11.8 Å². The quantitative estimate of drug-likeness (QED) is 0.651. The Kier molecular flexibility index (Phi) is 5.73. The van der Waals surface area contributed by atoms with Gasteiger partial charge in [0.2, 0.25) is 0 Å². The average molecular weight is 349 g/mol. The van der Waals surface area contributed by atoms with E-state index in [-0.39, 0.29) is 17.9 Å². The number of nitrogens with zero attached hydrogens (tertiary/aromatic N) is 3. The molecule has 7 nitrogen and oxygen atoms in total. The maximum Gasteiger partial charge on any atom is 0.415 e. The van der Waals surface area contributed by atoms with Crippen LogP contribution in [-0.2, 0) is 16.6 Å². The van der Waals surface area contributed by atoms with Crippen LogP contribution in [0.4, 0.5) is 4.79 Å². The number of carbonyl (C=O) groups is 2. The van der Waals surface area contributed by atoms with Crippen LogP contribution in [-0.4, -0.2) is 47.2 Å². The van der Waals surface area contributed by atoms with E-state index in [9.17, 15) is 9.59 Å². The predicted molar refractivity (Wildman–Crippen MR) is 91.6 cm³/mol. The number of amides is 1. The van der Waals surface area contributed by atoms with E-state index in [2.05, 4.69) is 0 Å². The van der Waals surface area contributed by atoms with E-state index in [0.29, 0.717) is 44.5 Å². The van der Waals surface area contributed by atoms with Gasteiger partial charge < -0.3 is 15.4 Å². The molecule has 1 saturated heterocycles. The number of rotatable bonds is 4. The van der Waals surface area contributed by atoms with Crippen molar-refractivity contribution in [3.63, 3.8) is 0 Å². The lowest BCUT2D eigenvalue weighted by Crippen LogP contribution is -2.42. The zero-order valence-corrected chi connectivity index (χ0v) is 15.0. The molecule has 2 aliphatic rings. The van der Waals surface area contributed by atoms with E-state index >= 15 is 0 Å². The fourth-order valence-corrected chi connectivity index (χ4v) is 3.85. The Labute approximate surface area is 148 Å². The first-order valence-electron chi connectivity index (χ1n) is 9.27. The SMILES string of the molecule is C[n+]1ccn(C(=O)N2CCC(C(=O)OCCC3CCC(N)C3)CC2)c1. The van der Waals surface area contributed by atoms with E-state index in [1.165, 1.54) is 0 Å². The highest BCUT2D eigenvalue weighted by molar-refractivity contribution is 5.77. The minimum absolute atomic E-state index is 0.0370. The summed E-state index contributed by atoms with van der Waals surface area (Å²) in [5.41, 5.74) is 5.91. The van der Waals surface area contributed by atoms with Crippen molar-refractivity contribution in [1.82, 2.24) is 9.47 Å². The monoisotopic (exact) mass is 349 g/mol. The minimum atomic E-state index is -0.109. The molecule has 2 unspecified atom stereocenters. The molecule has 2 atom stereocenters. The number of hydrogen-bond acceptors (Lipinski definition) is 4. The van der Waals surface area contributed by atoms with Gasteiger partial charge >= 0.3 is 12.0 Å². The third kappa shape index (κ3) is 4.60. The Morgan fingerprint density at radius 2 is 2.00 bits per heavy atom. The highest BCUT2D eigenvalue weighted by atomic mass is 16.5. The Balaban J connectivity index is 1.38. The molecule has 1 aromatic heterocycles. The first kappa shape index (κ1) is 17.9. The number of nitrogens with two attached hydrogens (primary N) is 1. The molecule has 2 heterocycles. The maximum atomic E-state index is 12.4. The number of carbonyl (C=O) groups excluding carboxylic acids is 2. The molecule has 2 fully saturated rings. The normalized spacial score (nSPS) is 24.5. The molecular weight excluding hydrogens is 320 g/mol. The second kappa shape index (κ2) is 7.99. The molecule has 0 radical (unpaired) electrons. The van der Waals surface area contributed by atoms with Gasteiger partial charge in [0.05, 0.1) is 19.6 Å². The Bertz CT molecular complexity index is 607. The number of imidazole rings is 1. The van der Waals surface area contributed by atoms with Crippen molar-refractivity contribution in [2.75, 3.05) is 19.7 Å². The van der Waals surface area contributed by atoms with Crippen molar-refractivity contribution in [2.24, 2.45) is 24.6 Å². The first-order chi connectivity index (χ1) is 12.0. The smallest absolute Gasteiger partial charge is 0.415 e. The third-order valence-electron chi connectivity index (χ3n) is 5.44. The molecule has 1 aliphatic heterocycles. The molecule has 1 saturated carbocycles. The third-order valence-corrected chi connectivity index (χ3v) is 5.44. The number of esters is 1. The summed E-state index contributed by atoms with van der Waals surface area (Å²) in [5, 5.41) is 0. The zero-order chi connectivity index (χ0) is 17.8. The molecule has 2 N–H and O–H groups in total. The number of likely N-dealkylation sites (tertiary alicyclic amines) is 1. The van der Waals surface area contributed by atoms with Crippen molar-refractivity contribution in [2.45, 2.75) is 44.6 Å². The summed E-state index contributed by atoms with van der Waals surface area (Å²) in [4.78, 5) is 26.4. The highest BCUT2D eigenvalue weighted by Gasteiger charge is 2.31. The number of hydrogen-bond donors (Lipinski definition) is 1. The van der Waals surface area contributed by atoms with Gasteiger partial charge in [-0.25, -0.2) is 9.36 Å². The number of ether oxygens (including phenoxy) is 1. The molecular formula is C18H29N4O3+. The van der Waals surface area contributed by atoms with Crippen LogP contribution in [0.25, 0.3) is 0 Å². The summed E-state index contributed by atoms with van der Waals surface area (Å²) in [6, 6.07) is 0.287. The molecule has 0 bridgehead atoms. The Hall–Kier alpha value is -1.89. The van der Waals surface area contributed by atoms with Gasteiger partial charge in [-0.05, 0) is 44.4 Å². The van der Waals surface area contributed by atoms with E-state index < -0.39 is 0 Å². The summed E-state index contributed by atoms with van der Waals surface area (Å²) in [5.74, 6) is 0.405. The minimum Gasteiger partial charge on any atom is -0.465 e. The second-order valence-corrected chi connectivity index (χ2v) is 7.43. The van der Waals surface area contributed by atoms with Crippen LogP contribution in [0.15, 0.2) is 18.7 Å². The van der Waals surface area contributed by atoms with Gasteiger partial charge in [0.15, 0.2) is 0 Å². The number of aryl methyl sites for hydroxylation is 1. The first-order valence-corrected chi connectivity index (χ1v) is 9.27. The van der Waals surface area contributed by atoms with Gasteiger partial charge in [-0.3, -0.25) is 4.79 Å². The van der Waals surface area contributed by atoms with E-state index in [1.807, 2.05) is 17.8 Å². The topological polar surface area (TPSA) is 81.4 Å². The van der Waals surface area contributed by atoms with Crippen LogP contribution < -0.4 is 10.3 Å². The molecule has 1 aromatic rings. The van der Waals surface area contributed by atoms with Crippen molar-refractivity contribution in [3.05, 3.63) is 18.7 Å². The molecule has 1 aliphatic carbocycles. The van der Waals surface area contributed by atoms with Gasteiger partial charge in [-0.2, -0.15) is 4.57 Å². The lowest BCUT2D eigenvalue weighted by atomic mass is 9.97. The molecule has 7 heteroatoms. The van der Waals surface area contributed by atoms with Gasteiger partial charge in [-0.15, -0.1) is 0 Å². The van der Waals surface area contributed by atoms with E-state index in [4.69, 9.17) is 10.5 Å². The lowest BCUT2D eigenvalue weighted by molar-refractivity contribution is -0.670. The van der Waals surface area contributed by atoms with Crippen LogP contribution in [0.1, 0.15) is 38.5 Å². The predicted octanol–water partition coefficient (Wildman–Crippen LogP) is 1.05. The molecule has 0 aromatic carbocycles. The van der Waals surface area contributed by atoms with Crippen molar-refractivity contribution in [3.8, 4) is 0 Å². The van der Waals surface area contributed by atoms with Crippen molar-refractivity contribution >= 4 is 12.0 Å². The van der Waals surface area contributed by atoms with Gasteiger partial charge in [0.1, 0.15) is 12.4 Å². The largest absolute Gasteiger partial charge is 0.465 e. The summed E-state index contributed by atoms with van der Waals surface area (Å²) in [6.07, 6.45) is 10.9. The number of aromatic nitrogens is 2. The number of piperidine rings is 1. The summed E-state index contributed by atoms with van der Waals surface area (Å²) >= 11 is 0. The molecule has 3 rings (SSSR count). The molecule has 0 spiro atoms. The standard InChI is InChI=1S/C18H29N4O3/c1-20-9-10-22(13-20)18(24)21-7-4-15(5-8-21)17(23)25-11-6-14-2-3-16(19)12-14/h9-10,13-16H,2-8,11-12,19H2,1H3/q+1. The highest BCUT2D eigenvalue weighted by Crippen LogP contribution is 2.27. The summed E-state index contributed by atoms with van der Waals surface area (Å²) in [6.45, 7) is 1.69. The molecule has 138 valence electrons. The lowest BCUT2D eigenvalue weighted by Gasteiger charge is -2.29. The maximum absolute atomic E-state index is 12.4. The van der Waals surface area contributed by atoms with Crippen LogP contribution in [0.5, 0.6) is 0 Å². The average Bonchev–Trinajstić information content (AvgIpc) is 3.22. The van der Waals surface area contributed by atoms with E-state index in [0.717, 1.165) is 25.7 Å². The Morgan fingerprint density at radius 3 is 2.60 bits per heavy atom. The summed E-state index contributed by atoms with van der Waals surface area (Å²) < 4.78 is 8.88. The van der Waals surface area contributed by atoms with Crippen molar-refractivity contribution in [1.29, 1.82) is 0 Å². The van der Waals surface area contributed by atoms with Crippen LogP contribution in [0.3, 0.4) is 0 Å². The van der Waals surface area contributed by atoms with Gasteiger partial charge in [-0.1, -0.05) is 0 Å². The zero-order valence-electron chi connectivity index (χ0n) is 15.0.